The van der Waals surface area contributed by atoms with E-state index in [0.717, 1.165) is 12.8 Å². The van der Waals surface area contributed by atoms with Gasteiger partial charge in [-0.15, -0.1) is 6.58 Å². The number of Topliss-reactive ketones (excluding diaryl/α,β-unsaturated/α-hetero) is 2. The van der Waals surface area contributed by atoms with Gasteiger partial charge in [-0.2, -0.15) is 13.2 Å². The molecule has 2 fully saturated rings. The van der Waals surface area contributed by atoms with E-state index in [2.05, 4.69) is 27.8 Å². The molecule has 2 rings (SSSR count). The van der Waals surface area contributed by atoms with Crippen LogP contribution in [0.2, 0.25) is 0 Å². The normalized spacial score (nSPS) is 19.2. The molecule has 0 spiro atoms. The highest BCUT2D eigenvalue weighted by Crippen LogP contribution is 2.32. The van der Waals surface area contributed by atoms with Crippen LogP contribution < -0.4 is 21.3 Å². The number of likely N-dealkylation sites (tertiary alicyclic amines) is 1. The standard InChI is InChI=1S/C29H44F3N5O6/c1-7-14-33-25(41)22(39)18(12-13-29(30,31)32)34-24(40)19-9-8-15-37(19)26(42)23(28(4,5)6)36-27(43)35-20(16(2)3)21(38)17-10-11-17/h7,16-20,23H,1,8-15H2,2-6H3,(H,33,41)(H,34,40)(H2,35,36,43). The summed E-state index contributed by atoms with van der Waals surface area (Å²) in [6.45, 7) is 12.2. The number of carbonyl (C=O) groups excluding carboxylic acids is 6. The molecule has 1 heterocycles. The summed E-state index contributed by atoms with van der Waals surface area (Å²) < 4.78 is 38.9. The van der Waals surface area contributed by atoms with Gasteiger partial charge in [0.05, 0.1) is 12.1 Å². The maximum absolute atomic E-state index is 13.8. The smallest absolute Gasteiger partial charge is 0.346 e. The molecule has 4 N–H and O–H groups in total. The Morgan fingerprint density at radius 1 is 0.977 bits per heavy atom. The largest absolute Gasteiger partial charge is 0.389 e. The van der Waals surface area contributed by atoms with Gasteiger partial charge < -0.3 is 26.2 Å². The Morgan fingerprint density at radius 2 is 1.60 bits per heavy atom. The quantitative estimate of drug-likeness (QED) is 0.174. The zero-order valence-electron chi connectivity index (χ0n) is 25.4. The molecule has 0 aromatic carbocycles. The zero-order valence-corrected chi connectivity index (χ0v) is 25.4. The molecule has 0 aromatic rings. The number of urea groups is 1. The van der Waals surface area contributed by atoms with Gasteiger partial charge in [-0.1, -0.05) is 40.7 Å². The first kappa shape index (κ1) is 35.7. The van der Waals surface area contributed by atoms with Crippen LogP contribution in [-0.4, -0.2) is 83.7 Å². The van der Waals surface area contributed by atoms with Crippen molar-refractivity contribution in [3.05, 3.63) is 12.7 Å². The van der Waals surface area contributed by atoms with Crippen molar-refractivity contribution in [1.82, 2.24) is 26.2 Å². The van der Waals surface area contributed by atoms with Crippen molar-refractivity contribution in [2.24, 2.45) is 17.3 Å². The Labute approximate surface area is 250 Å². The minimum atomic E-state index is -4.64. The van der Waals surface area contributed by atoms with Crippen LogP contribution in [0.3, 0.4) is 0 Å². The van der Waals surface area contributed by atoms with Crippen molar-refractivity contribution < 1.29 is 41.9 Å². The van der Waals surface area contributed by atoms with Crippen LogP contribution in [0.1, 0.15) is 73.1 Å². The molecular formula is C29H44F3N5O6. The predicted octanol–water partition coefficient (Wildman–Crippen LogP) is 2.39. The number of carbonyl (C=O) groups is 6. The first-order valence-electron chi connectivity index (χ1n) is 14.6. The lowest BCUT2D eigenvalue weighted by atomic mass is 9.85. The topological polar surface area (TPSA) is 154 Å². The van der Waals surface area contributed by atoms with Gasteiger partial charge in [0.1, 0.15) is 12.1 Å². The summed E-state index contributed by atoms with van der Waals surface area (Å²) in [5.41, 5.74) is -0.833. The third-order valence-electron chi connectivity index (χ3n) is 7.45. The first-order valence-corrected chi connectivity index (χ1v) is 14.6. The summed E-state index contributed by atoms with van der Waals surface area (Å²) in [6, 6.07) is -5.49. The van der Waals surface area contributed by atoms with Gasteiger partial charge in [0.2, 0.25) is 17.6 Å². The summed E-state index contributed by atoms with van der Waals surface area (Å²) in [6.07, 6.45) is -3.54. The van der Waals surface area contributed by atoms with Crippen molar-refractivity contribution >= 4 is 35.3 Å². The maximum atomic E-state index is 13.8. The lowest BCUT2D eigenvalue weighted by Crippen LogP contribution is -2.61. The molecular weight excluding hydrogens is 571 g/mol. The lowest BCUT2D eigenvalue weighted by molar-refractivity contribution is -0.147. The number of halogens is 3. The van der Waals surface area contributed by atoms with Gasteiger partial charge in [0.15, 0.2) is 5.78 Å². The number of hydrogen-bond donors (Lipinski definition) is 4. The van der Waals surface area contributed by atoms with Gasteiger partial charge >= 0.3 is 12.2 Å². The molecule has 1 saturated heterocycles. The molecule has 43 heavy (non-hydrogen) atoms. The summed E-state index contributed by atoms with van der Waals surface area (Å²) in [5.74, 6) is -4.23. The van der Waals surface area contributed by atoms with Crippen molar-refractivity contribution in [2.45, 2.75) is 103 Å². The minimum Gasteiger partial charge on any atom is -0.346 e. The average molecular weight is 616 g/mol. The average Bonchev–Trinajstić information content (AvgIpc) is 3.64. The van der Waals surface area contributed by atoms with E-state index in [1.54, 1.807) is 34.6 Å². The van der Waals surface area contributed by atoms with E-state index in [1.165, 1.54) is 11.0 Å². The molecule has 0 aromatic heterocycles. The monoisotopic (exact) mass is 615 g/mol. The highest BCUT2D eigenvalue weighted by molar-refractivity contribution is 6.38. The number of hydrogen-bond acceptors (Lipinski definition) is 6. The third-order valence-corrected chi connectivity index (χ3v) is 7.45. The molecule has 1 aliphatic heterocycles. The highest BCUT2D eigenvalue weighted by Gasteiger charge is 2.44. The first-order chi connectivity index (χ1) is 19.9. The molecule has 4 unspecified atom stereocenters. The second-order valence-corrected chi connectivity index (χ2v) is 12.6. The third kappa shape index (κ3) is 10.6. The van der Waals surface area contributed by atoms with Crippen molar-refractivity contribution in [1.29, 1.82) is 0 Å². The van der Waals surface area contributed by atoms with Gasteiger partial charge in [-0.3, -0.25) is 24.0 Å². The molecule has 1 aliphatic carbocycles. The number of amides is 5. The van der Waals surface area contributed by atoms with Gasteiger partial charge in [-0.25, -0.2) is 4.79 Å². The van der Waals surface area contributed by atoms with E-state index in [0.29, 0.717) is 6.42 Å². The molecule has 14 heteroatoms. The van der Waals surface area contributed by atoms with E-state index in [9.17, 15) is 41.9 Å². The van der Waals surface area contributed by atoms with Crippen molar-refractivity contribution in [3.8, 4) is 0 Å². The second kappa shape index (κ2) is 14.8. The molecule has 242 valence electrons. The molecule has 0 radical (unpaired) electrons. The molecule has 2 aliphatic rings. The number of rotatable bonds is 14. The fourth-order valence-electron chi connectivity index (χ4n) is 4.87. The van der Waals surface area contributed by atoms with Crippen LogP contribution >= 0.6 is 0 Å². The Bertz CT molecular complexity index is 1080. The van der Waals surface area contributed by atoms with Crippen LogP contribution in [0.15, 0.2) is 12.7 Å². The molecule has 1 saturated carbocycles. The van der Waals surface area contributed by atoms with Crippen molar-refractivity contribution in [3.63, 3.8) is 0 Å². The Kier molecular flexibility index (Phi) is 12.3. The number of nitrogens with one attached hydrogen (secondary N) is 4. The van der Waals surface area contributed by atoms with Crippen LogP contribution in [0, 0.1) is 17.3 Å². The van der Waals surface area contributed by atoms with Gasteiger partial charge in [0, 0.05) is 25.4 Å². The molecule has 4 atom stereocenters. The maximum Gasteiger partial charge on any atom is 0.389 e. The van der Waals surface area contributed by atoms with Gasteiger partial charge in [-0.05, 0) is 43.4 Å². The van der Waals surface area contributed by atoms with Crippen LogP contribution in [-0.2, 0) is 24.0 Å². The number of ketones is 2. The predicted molar refractivity (Wildman–Crippen MR) is 151 cm³/mol. The zero-order chi connectivity index (χ0) is 32.7. The SMILES string of the molecule is C=CCNC(=O)C(=O)C(CCC(F)(F)F)NC(=O)C1CCCN1C(=O)C(NC(=O)NC(C(=O)C1CC1)C(C)C)C(C)(C)C. The van der Waals surface area contributed by atoms with Crippen LogP contribution in [0.25, 0.3) is 0 Å². The summed E-state index contributed by atoms with van der Waals surface area (Å²) in [7, 11) is 0. The summed E-state index contributed by atoms with van der Waals surface area (Å²) in [5, 5.41) is 9.79. The number of alkyl halides is 3. The molecule has 11 nitrogen and oxygen atoms in total. The van der Waals surface area contributed by atoms with E-state index in [1.807, 2.05) is 0 Å². The Hall–Kier alpha value is -3.45. The fraction of sp³-hybridized carbons (Fsp3) is 0.724. The van der Waals surface area contributed by atoms with E-state index in [4.69, 9.17) is 0 Å². The number of nitrogens with zero attached hydrogens (tertiary/aromatic N) is 1. The van der Waals surface area contributed by atoms with Crippen LogP contribution in [0.4, 0.5) is 18.0 Å². The summed E-state index contributed by atoms with van der Waals surface area (Å²) >= 11 is 0. The minimum absolute atomic E-state index is 0.0622. The van der Waals surface area contributed by atoms with E-state index < -0.39 is 78.1 Å². The Balaban J connectivity index is 2.19. The highest BCUT2D eigenvalue weighted by atomic mass is 19.4. The fourth-order valence-corrected chi connectivity index (χ4v) is 4.87. The molecule has 5 amide bonds. The van der Waals surface area contributed by atoms with Crippen LogP contribution in [0.5, 0.6) is 0 Å². The lowest BCUT2D eigenvalue weighted by Gasteiger charge is -2.36. The summed E-state index contributed by atoms with van der Waals surface area (Å²) in [4.78, 5) is 78.8. The Morgan fingerprint density at radius 3 is 2.12 bits per heavy atom. The second-order valence-electron chi connectivity index (χ2n) is 12.6. The van der Waals surface area contributed by atoms with E-state index >= 15 is 0 Å². The van der Waals surface area contributed by atoms with E-state index in [-0.39, 0.29) is 37.1 Å². The molecule has 0 bridgehead atoms. The van der Waals surface area contributed by atoms with Gasteiger partial charge in [0.25, 0.3) is 5.91 Å². The van der Waals surface area contributed by atoms with Crippen molar-refractivity contribution in [2.75, 3.05) is 13.1 Å².